The molecule has 2 N–H and O–H groups in total. The van der Waals surface area contributed by atoms with E-state index in [0.717, 1.165) is 35.2 Å². The van der Waals surface area contributed by atoms with E-state index in [1.54, 1.807) is 12.1 Å². The number of anilines is 1. The maximum absolute atomic E-state index is 13.4. The molecule has 8 heteroatoms. The smallest absolute Gasteiger partial charge is 0.264 e. The van der Waals surface area contributed by atoms with E-state index in [9.17, 15) is 8.42 Å². The Labute approximate surface area is 207 Å². The van der Waals surface area contributed by atoms with Gasteiger partial charge in [0.15, 0.2) is 0 Å². The fourth-order valence-electron chi connectivity index (χ4n) is 5.41. The standard InChI is InChI=1S/C27H32N4O3S/c1-16(2)23-15-28-14-20-12-22(23)19-9-6-10-21(11-19)35(32,33)31-27-29-24(13-25(30-27)34-20)26-17(3)7-5-8-18(26)4/h5-11,13,16,20,22-23,28H,12,14-15H2,1-4H3,(H,29,30,31)/t20-,22?,23+/m0/s1. The van der Waals surface area contributed by atoms with Crippen molar-refractivity contribution in [2.24, 2.45) is 11.8 Å². The quantitative estimate of drug-likeness (QED) is 0.540. The number of hydrogen-bond donors (Lipinski definition) is 2. The average Bonchev–Trinajstić information content (AvgIpc) is 3.01. The fraction of sp³-hybridized carbons (Fsp3) is 0.407. The molecule has 3 heterocycles. The van der Waals surface area contributed by atoms with E-state index in [2.05, 4.69) is 33.9 Å². The Balaban J connectivity index is 1.68. The van der Waals surface area contributed by atoms with E-state index in [0.29, 0.717) is 30.0 Å². The van der Waals surface area contributed by atoms with Crippen LogP contribution in [0.4, 0.5) is 5.95 Å². The number of sulfonamides is 1. The van der Waals surface area contributed by atoms with Crippen molar-refractivity contribution in [2.75, 3.05) is 17.8 Å². The lowest BCUT2D eigenvalue weighted by molar-refractivity contribution is 0.174. The van der Waals surface area contributed by atoms with Crippen molar-refractivity contribution >= 4 is 16.0 Å². The van der Waals surface area contributed by atoms with Gasteiger partial charge in [-0.1, -0.05) is 44.2 Å². The Morgan fingerprint density at radius 2 is 1.74 bits per heavy atom. The van der Waals surface area contributed by atoms with Gasteiger partial charge in [-0.05, 0) is 73.4 Å². The molecule has 0 amide bonds. The Kier molecular flexibility index (Phi) is 6.27. The summed E-state index contributed by atoms with van der Waals surface area (Å²) < 4.78 is 35.8. The van der Waals surface area contributed by atoms with Crippen LogP contribution in [0.15, 0.2) is 53.4 Å². The number of benzene rings is 2. The highest BCUT2D eigenvalue weighted by molar-refractivity contribution is 7.92. The van der Waals surface area contributed by atoms with Crippen LogP contribution in [-0.4, -0.2) is 37.6 Å². The molecular weight excluding hydrogens is 460 g/mol. The third-order valence-electron chi connectivity index (χ3n) is 7.19. The van der Waals surface area contributed by atoms with Crippen molar-refractivity contribution < 1.29 is 13.2 Å². The molecule has 3 aromatic rings. The van der Waals surface area contributed by atoms with E-state index in [1.165, 1.54) is 0 Å². The van der Waals surface area contributed by atoms with Gasteiger partial charge in [0.05, 0.1) is 10.6 Å². The minimum atomic E-state index is -3.89. The van der Waals surface area contributed by atoms with Crippen molar-refractivity contribution in [1.82, 2.24) is 15.3 Å². The minimum absolute atomic E-state index is 0.00400. The van der Waals surface area contributed by atoms with Crippen LogP contribution in [0.25, 0.3) is 11.3 Å². The molecule has 2 aromatic carbocycles. The number of aromatic nitrogens is 2. The summed E-state index contributed by atoms with van der Waals surface area (Å²) in [5.41, 5.74) is 4.70. The highest BCUT2D eigenvalue weighted by Gasteiger charge is 2.33. The maximum Gasteiger partial charge on any atom is 0.264 e. The van der Waals surface area contributed by atoms with Crippen LogP contribution in [0.1, 0.15) is 42.9 Å². The first kappa shape index (κ1) is 23.8. The molecule has 3 atom stereocenters. The molecule has 2 aliphatic rings. The zero-order chi connectivity index (χ0) is 24.7. The van der Waals surface area contributed by atoms with E-state index < -0.39 is 10.0 Å². The number of rotatable bonds is 2. The lowest BCUT2D eigenvalue weighted by Crippen LogP contribution is -2.31. The molecule has 0 saturated carbocycles. The molecule has 35 heavy (non-hydrogen) atoms. The Morgan fingerprint density at radius 3 is 2.49 bits per heavy atom. The van der Waals surface area contributed by atoms with Gasteiger partial charge in [0.2, 0.25) is 11.8 Å². The largest absolute Gasteiger partial charge is 0.473 e. The third-order valence-corrected chi connectivity index (χ3v) is 8.52. The molecule has 1 aromatic heterocycles. The van der Waals surface area contributed by atoms with Crippen LogP contribution in [0.3, 0.4) is 0 Å². The SMILES string of the molecule is Cc1cccc(C)c1-c1cc2nc(n1)NS(=O)(=O)c1cccc(c1)C1C[C@@H](CNC[C@@H]1C(C)C)O2. The topological polar surface area (TPSA) is 93.2 Å². The minimum Gasteiger partial charge on any atom is -0.473 e. The molecule has 0 radical (unpaired) electrons. The van der Waals surface area contributed by atoms with Crippen LogP contribution < -0.4 is 14.8 Å². The highest BCUT2D eigenvalue weighted by Crippen LogP contribution is 2.38. The summed E-state index contributed by atoms with van der Waals surface area (Å²) in [7, 11) is -3.89. The number of nitrogens with one attached hydrogen (secondary N) is 2. The molecule has 0 aliphatic carbocycles. The van der Waals surface area contributed by atoms with Gasteiger partial charge in [-0.25, -0.2) is 18.1 Å². The van der Waals surface area contributed by atoms with E-state index in [4.69, 9.17) is 4.74 Å². The molecule has 184 valence electrons. The van der Waals surface area contributed by atoms with E-state index >= 15 is 0 Å². The van der Waals surface area contributed by atoms with Gasteiger partial charge < -0.3 is 10.1 Å². The second kappa shape index (κ2) is 9.24. The van der Waals surface area contributed by atoms with Crippen LogP contribution in [0.2, 0.25) is 0 Å². The molecule has 0 spiro atoms. The molecular formula is C27H32N4O3S. The molecule has 2 aliphatic heterocycles. The lowest BCUT2D eigenvalue weighted by Gasteiger charge is -2.30. The van der Waals surface area contributed by atoms with Crippen LogP contribution in [0.5, 0.6) is 5.88 Å². The Morgan fingerprint density at radius 1 is 1.00 bits per heavy atom. The zero-order valence-corrected chi connectivity index (χ0v) is 21.4. The van der Waals surface area contributed by atoms with Gasteiger partial charge in [-0.2, -0.15) is 4.98 Å². The van der Waals surface area contributed by atoms with Gasteiger partial charge in [-0.3, -0.25) is 0 Å². The monoisotopic (exact) mass is 492 g/mol. The summed E-state index contributed by atoms with van der Waals surface area (Å²) in [6, 6.07) is 15.1. The van der Waals surface area contributed by atoms with Crippen LogP contribution in [0, 0.1) is 25.7 Å². The predicted molar refractivity (Wildman–Crippen MR) is 137 cm³/mol. The first-order valence-electron chi connectivity index (χ1n) is 12.2. The van der Waals surface area contributed by atoms with Gasteiger partial charge in [0, 0.05) is 18.2 Å². The summed E-state index contributed by atoms with van der Waals surface area (Å²) in [4.78, 5) is 9.28. The van der Waals surface area contributed by atoms with Crippen LogP contribution in [-0.2, 0) is 10.0 Å². The maximum atomic E-state index is 13.4. The highest BCUT2D eigenvalue weighted by atomic mass is 32.2. The van der Waals surface area contributed by atoms with Crippen molar-refractivity contribution in [3.63, 3.8) is 0 Å². The molecule has 7 nitrogen and oxygen atoms in total. The normalized spacial score (nSPS) is 23.3. The zero-order valence-electron chi connectivity index (χ0n) is 20.6. The van der Waals surface area contributed by atoms with Gasteiger partial charge >= 0.3 is 0 Å². The Bertz CT molecular complexity index is 1340. The third kappa shape index (κ3) is 4.77. The number of aryl methyl sites for hydroxylation is 2. The summed E-state index contributed by atoms with van der Waals surface area (Å²) in [5.74, 6) is 1.31. The first-order valence-corrected chi connectivity index (χ1v) is 13.7. The number of nitrogens with zero attached hydrogens (tertiary/aromatic N) is 2. The molecule has 1 saturated heterocycles. The van der Waals surface area contributed by atoms with Crippen molar-refractivity contribution in [1.29, 1.82) is 0 Å². The summed E-state index contributed by atoms with van der Waals surface area (Å²) >= 11 is 0. The molecule has 5 rings (SSSR count). The summed E-state index contributed by atoms with van der Waals surface area (Å²) in [5, 5.41) is 3.57. The van der Waals surface area contributed by atoms with Crippen molar-refractivity contribution in [2.45, 2.75) is 51.0 Å². The van der Waals surface area contributed by atoms with Gasteiger partial charge in [-0.15, -0.1) is 0 Å². The second-order valence-corrected chi connectivity index (χ2v) is 11.7. The lowest BCUT2D eigenvalue weighted by atomic mass is 9.77. The second-order valence-electron chi connectivity index (χ2n) is 10.0. The number of hydrogen-bond acceptors (Lipinski definition) is 6. The van der Waals surface area contributed by atoms with Crippen molar-refractivity contribution in [3.8, 4) is 17.1 Å². The number of fused-ring (bicyclic) bond motifs is 7. The fourth-order valence-corrected chi connectivity index (χ4v) is 6.41. The number of ether oxygens (including phenoxy) is 1. The predicted octanol–water partition coefficient (Wildman–Crippen LogP) is 4.67. The van der Waals surface area contributed by atoms with Gasteiger partial charge in [0.25, 0.3) is 10.0 Å². The summed E-state index contributed by atoms with van der Waals surface area (Å²) in [6.45, 7) is 10.0. The van der Waals surface area contributed by atoms with Crippen LogP contribution >= 0.6 is 0 Å². The Hall–Kier alpha value is -2.97. The first-order chi connectivity index (χ1) is 16.7. The molecule has 1 unspecified atom stereocenters. The molecule has 6 bridgehead atoms. The average molecular weight is 493 g/mol. The molecule has 1 fully saturated rings. The van der Waals surface area contributed by atoms with Gasteiger partial charge in [0.1, 0.15) is 6.10 Å². The summed E-state index contributed by atoms with van der Waals surface area (Å²) in [6.07, 6.45) is 0.655. The van der Waals surface area contributed by atoms with E-state index in [-0.39, 0.29) is 22.9 Å². The van der Waals surface area contributed by atoms with Crippen molar-refractivity contribution in [3.05, 3.63) is 65.2 Å². The van der Waals surface area contributed by atoms with E-state index in [1.807, 2.05) is 50.2 Å².